The summed E-state index contributed by atoms with van der Waals surface area (Å²) in [6.45, 7) is 5.54. The van der Waals surface area contributed by atoms with Crippen molar-refractivity contribution in [1.29, 1.82) is 0 Å². The molecule has 3 aromatic rings. The number of amides is 1. The van der Waals surface area contributed by atoms with Gasteiger partial charge in [-0.1, -0.05) is 48.5 Å². The van der Waals surface area contributed by atoms with Crippen LogP contribution in [0.2, 0.25) is 0 Å². The smallest absolute Gasteiger partial charge is 0.222 e. The number of aryl methyl sites for hydroxylation is 1. The first-order chi connectivity index (χ1) is 15.2. The Kier molecular flexibility index (Phi) is 6.77. The number of benzene rings is 2. The van der Waals surface area contributed by atoms with Crippen molar-refractivity contribution in [1.82, 2.24) is 15.1 Å². The number of hydrogen-bond acceptors (Lipinski definition) is 5. The van der Waals surface area contributed by atoms with E-state index >= 15 is 0 Å². The molecule has 1 saturated heterocycles. The van der Waals surface area contributed by atoms with E-state index in [-0.39, 0.29) is 5.91 Å². The lowest BCUT2D eigenvalue weighted by Gasteiger charge is -2.35. The SMILES string of the molecule is Cc1ccccc1OCCCC(=O)N1CCN(c2ccc(-c3ccccc3)nn2)CC1. The molecule has 160 valence electrons. The van der Waals surface area contributed by atoms with Gasteiger partial charge < -0.3 is 14.5 Å². The molecule has 6 heteroatoms. The Bertz CT molecular complexity index is 984. The molecule has 1 amide bonds. The van der Waals surface area contributed by atoms with Gasteiger partial charge in [0.15, 0.2) is 5.82 Å². The van der Waals surface area contributed by atoms with Gasteiger partial charge in [-0.15, -0.1) is 10.2 Å². The molecule has 0 saturated carbocycles. The van der Waals surface area contributed by atoms with E-state index in [2.05, 4.69) is 15.1 Å². The van der Waals surface area contributed by atoms with Crippen molar-refractivity contribution in [2.24, 2.45) is 0 Å². The Morgan fingerprint density at radius 2 is 1.65 bits per heavy atom. The molecule has 6 nitrogen and oxygen atoms in total. The van der Waals surface area contributed by atoms with E-state index < -0.39 is 0 Å². The van der Waals surface area contributed by atoms with Crippen LogP contribution in [0, 0.1) is 6.92 Å². The molecule has 1 fully saturated rings. The molecular formula is C25H28N4O2. The first-order valence-corrected chi connectivity index (χ1v) is 10.8. The van der Waals surface area contributed by atoms with Crippen LogP contribution < -0.4 is 9.64 Å². The second kappa shape index (κ2) is 10.1. The number of carbonyl (C=O) groups is 1. The van der Waals surface area contributed by atoms with E-state index in [0.29, 0.717) is 26.1 Å². The third-order valence-corrected chi connectivity index (χ3v) is 5.56. The Morgan fingerprint density at radius 3 is 2.35 bits per heavy atom. The number of anilines is 1. The molecule has 0 N–H and O–H groups in total. The molecule has 0 atom stereocenters. The molecule has 4 rings (SSSR count). The predicted molar refractivity (Wildman–Crippen MR) is 122 cm³/mol. The lowest BCUT2D eigenvalue weighted by Crippen LogP contribution is -2.49. The molecule has 0 aliphatic carbocycles. The topological polar surface area (TPSA) is 58.6 Å². The van der Waals surface area contributed by atoms with E-state index in [1.165, 1.54) is 0 Å². The van der Waals surface area contributed by atoms with Gasteiger partial charge in [0, 0.05) is 38.2 Å². The molecule has 2 heterocycles. The molecule has 2 aromatic carbocycles. The fourth-order valence-electron chi connectivity index (χ4n) is 3.72. The Morgan fingerprint density at radius 1 is 0.903 bits per heavy atom. The molecule has 0 unspecified atom stereocenters. The molecule has 0 spiro atoms. The summed E-state index contributed by atoms with van der Waals surface area (Å²) in [5, 5.41) is 8.77. The van der Waals surface area contributed by atoms with Crippen LogP contribution in [-0.2, 0) is 4.79 Å². The first kappa shape index (κ1) is 20.8. The van der Waals surface area contributed by atoms with E-state index in [4.69, 9.17) is 4.74 Å². The third kappa shape index (κ3) is 5.40. The standard InChI is InChI=1S/C25H28N4O2/c1-20-8-5-6-11-23(20)31-19-7-12-25(30)29-17-15-28(16-18-29)24-14-13-22(26-27-24)21-9-3-2-4-10-21/h2-6,8-11,13-14H,7,12,15-19H2,1H3. The molecule has 1 aromatic heterocycles. The fourth-order valence-corrected chi connectivity index (χ4v) is 3.72. The zero-order valence-corrected chi connectivity index (χ0v) is 17.9. The molecule has 31 heavy (non-hydrogen) atoms. The van der Waals surface area contributed by atoms with Crippen molar-refractivity contribution in [2.75, 3.05) is 37.7 Å². The maximum Gasteiger partial charge on any atom is 0.222 e. The summed E-state index contributed by atoms with van der Waals surface area (Å²) in [5.41, 5.74) is 3.04. The lowest BCUT2D eigenvalue weighted by atomic mass is 10.1. The largest absolute Gasteiger partial charge is 0.493 e. The average Bonchev–Trinajstić information content (AvgIpc) is 2.83. The molecule has 0 radical (unpaired) electrons. The highest BCUT2D eigenvalue weighted by Gasteiger charge is 2.22. The van der Waals surface area contributed by atoms with Crippen LogP contribution in [0.1, 0.15) is 18.4 Å². The summed E-state index contributed by atoms with van der Waals surface area (Å²) >= 11 is 0. The number of rotatable bonds is 7. The summed E-state index contributed by atoms with van der Waals surface area (Å²) in [4.78, 5) is 16.7. The quantitative estimate of drug-likeness (QED) is 0.546. The summed E-state index contributed by atoms with van der Waals surface area (Å²) in [7, 11) is 0. The fraction of sp³-hybridized carbons (Fsp3) is 0.320. The van der Waals surface area contributed by atoms with Crippen molar-refractivity contribution < 1.29 is 9.53 Å². The van der Waals surface area contributed by atoms with Crippen molar-refractivity contribution >= 4 is 11.7 Å². The Labute approximate surface area is 183 Å². The average molecular weight is 417 g/mol. The second-order valence-corrected chi connectivity index (χ2v) is 7.73. The number of aromatic nitrogens is 2. The van der Waals surface area contributed by atoms with Gasteiger partial charge in [0.1, 0.15) is 5.75 Å². The van der Waals surface area contributed by atoms with Crippen molar-refractivity contribution in [2.45, 2.75) is 19.8 Å². The monoisotopic (exact) mass is 416 g/mol. The van der Waals surface area contributed by atoms with Gasteiger partial charge in [-0.05, 0) is 37.1 Å². The third-order valence-electron chi connectivity index (χ3n) is 5.56. The first-order valence-electron chi connectivity index (χ1n) is 10.8. The van der Waals surface area contributed by atoms with E-state index in [1.807, 2.05) is 78.6 Å². The molecular weight excluding hydrogens is 388 g/mol. The van der Waals surface area contributed by atoms with Gasteiger partial charge in [-0.3, -0.25) is 4.79 Å². The minimum atomic E-state index is 0.193. The highest BCUT2D eigenvalue weighted by Crippen LogP contribution is 2.20. The predicted octanol–water partition coefficient (Wildman–Crippen LogP) is 3.96. The molecule has 1 aliphatic rings. The Hall–Kier alpha value is -3.41. The highest BCUT2D eigenvalue weighted by atomic mass is 16.5. The van der Waals surface area contributed by atoms with Crippen LogP contribution in [-0.4, -0.2) is 53.8 Å². The molecule has 0 bridgehead atoms. The zero-order chi connectivity index (χ0) is 21.5. The summed E-state index contributed by atoms with van der Waals surface area (Å²) < 4.78 is 5.80. The second-order valence-electron chi connectivity index (χ2n) is 7.73. The van der Waals surface area contributed by atoms with Crippen LogP contribution in [0.25, 0.3) is 11.3 Å². The minimum Gasteiger partial charge on any atom is -0.493 e. The van der Waals surface area contributed by atoms with Gasteiger partial charge >= 0.3 is 0 Å². The zero-order valence-electron chi connectivity index (χ0n) is 17.9. The maximum atomic E-state index is 12.5. The molecule has 1 aliphatic heterocycles. The minimum absolute atomic E-state index is 0.193. The van der Waals surface area contributed by atoms with Crippen molar-refractivity contribution in [3.8, 4) is 17.0 Å². The van der Waals surface area contributed by atoms with Gasteiger partial charge in [-0.25, -0.2) is 0 Å². The van der Waals surface area contributed by atoms with E-state index in [0.717, 1.165) is 47.9 Å². The summed E-state index contributed by atoms with van der Waals surface area (Å²) in [6, 6.07) is 22.0. The van der Waals surface area contributed by atoms with Crippen LogP contribution in [0.3, 0.4) is 0 Å². The number of ether oxygens (including phenoxy) is 1. The van der Waals surface area contributed by atoms with Crippen LogP contribution >= 0.6 is 0 Å². The van der Waals surface area contributed by atoms with Gasteiger partial charge in [0.05, 0.1) is 12.3 Å². The lowest BCUT2D eigenvalue weighted by molar-refractivity contribution is -0.131. The summed E-state index contributed by atoms with van der Waals surface area (Å²) in [6.07, 6.45) is 1.23. The number of piperazine rings is 1. The van der Waals surface area contributed by atoms with Crippen LogP contribution in [0.4, 0.5) is 5.82 Å². The van der Waals surface area contributed by atoms with Gasteiger partial charge in [0.2, 0.25) is 5.91 Å². The van der Waals surface area contributed by atoms with Gasteiger partial charge in [0.25, 0.3) is 0 Å². The number of carbonyl (C=O) groups excluding carboxylic acids is 1. The highest BCUT2D eigenvalue weighted by molar-refractivity contribution is 5.76. The van der Waals surface area contributed by atoms with Gasteiger partial charge in [-0.2, -0.15) is 0 Å². The number of hydrogen-bond donors (Lipinski definition) is 0. The Balaban J connectivity index is 1.21. The van der Waals surface area contributed by atoms with E-state index in [9.17, 15) is 4.79 Å². The van der Waals surface area contributed by atoms with Crippen LogP contribution in [0.15, 0.2) is 66.7 Å². The maximum absolute atomic E-state index is 12.5. The van der Waals surface area contributed by atoms with Crippen molar-refractivity contribution in [3.63, 3.8) is 0 Å². The van der Waals surface area contributed by atoms with Crippen LogP contribution in [0.5, 0.6) is 5.75 Å². The normalized spacial score (nSPS) is 13.8. The number of para-hydroxylation sites is 1. The van der Waals surface area contributed by atoms with Crippen molar-refractivity contribution in [3.05, 3.63) is 72.3 Å². The van der Waals surface area contributed by atoms with E-state index in [1.54, 1.807) is 0 Å². The summed E-state index contributed by atoms with van der Waals surface area (Å²) in [5.74, 6) is 1.94. The number of nitrogens with zero attached hydrogens (tertiary/aromatic N) is 4.